The Kier molecular flexibility index (Phi) is 4.14. The molecule has 4 rings (SSSR count). The van der Waals surface area contributed by atoms with Crippen molar-refractivity contribution in [2.45, 2.75) is 31.7 Å². The standard InChI is InChI=1S/C19H22N4O3/c1-26-13-3-4-16-14(9-13)15(10-17(24)22-16)18(25)20-11-19(5-6-19)12-23-8-2-7-21-23/h2-4,7-9,15H,5-6,10-12H2,1H3,(H,20,25)(H,22,24). The Morgan fingerprint density at radius 3 is 3.00 bits per heavy atom. The van der Waals surface area contributed by atoms with E-state index >= 15 is 0 Å². The zero-order valence-corrected chi connectivity index (χ0v) is 14.7. The first-order valence-corrected chi connectivity index (χ1v) is 8.81. The fourth-order valence-electron chi connectivity index (χ4n) is 3.50. The number of aromatic nitrogens is 2. The highest BCUT2D eigenvalue weighted by Gasteiger charge is 2.44. The van der Waals surface area contributed by atoms with Crippen LogP contribution in [0.4, 0.5) is 5.69 Å². The maximum Gasteiger partial charge on any atom is 0.228 e. The third kappa shape index (κ3) is 3.29. The first-order chi connectivity index (χ1) is 12.6. The molecule has 0 radical (unpaired) electrons. The van der Waals surface area contributed by atoms with Crippen LogP contribution in [0, 0.1) is 5.41 Å². The third-order valence-corrected chi connectivity index (χ3v) is 5.27. The van der Waals surface area contributed by atoms with Crippen molar-refractivity contribution in [1.82, 2.24) is 15.1 Å². The number of amides is 2. The van der Waals surface area contributed by atoms with E-state index in [2.05, 4.69) is 15.7 Å². The molecule has 0 saturated heterocycles. The van der Waals surface area contributed by atoms with Gasteiger partial charge in [-0.15, -0.1) is 0 Å². The molecular weight excluding hydrogens is 332 g/mol. The molecule has 2 amide bonds. The predicted octanol–water partition coefficient (Wildman–Crippen LogP) is 1.91. The molecule has 136 valence electrons. The summed E-state index contributed by atoms with van der Waals surface area (Å²) >= 11 is 0. The van der Waals surface area contributed by atoms with Crippen LogP contribution >= 0.6 is 0 Å². The van der Waals surface area contributed by atoms with Crippen molar-refractivity contribution in [2.75, 3.05) is 19.0 Å². The molecule has 1 aliphatic carbocycles. The Bertz CT molecular complexity index is 827. The summed E-state index contributed by atoms with van der Waals surface area (Å²) in [5, 5.41) is 10.1. The van der Waals surface area contributed by atoms with Gasteiger partial charge in [0.25, 0.3) is 0 Å². The Labute approximate surface area is 151 Å². The van der Waals surface area contributed by atoms with E-state index in [1.54, 1.807) is 25.4 Å². The molecule has 1 unspecified atom stereocenters. The molecule has 1 aromatic heterocycles. The van der Waals surface area contributed by atoms with Crippen LogP contribution in [0.2, 0.25) is 0 Å². The molecule has 2 heterocycles. The number of nitrogens with one attached hydrogen (secondary N) is 2. The van der Waals surface area contributed by atoms with Crippen LogP contribution in [0.15, 0.2) is 36.7 Å². The molecule has 1 saturated carbocycles. The molecule has 2 aromatic rings. The minimum atomic E-state index is -0.491. The second-order valence-corrected chi connectivity index (χ2v) is 7.18. The lowest BCUT2D eigenvalue weighted by atomic mass is 9.89. The SMILES string of the molecule is COc1ccc2c(c1)C(C(=O)NCC1(Cn3cccn3)CC1)CC(=O)N2. The van der Waals surface area contributed by atoms with Gasteiger partial charge in [0.1, 0.15) is 5.75 Å². The number of fused-ring (bicyclic) bond motifs is 1. The second-order valence-electron chi connectivity index (χ2n) is 7.18. The van der Waals surface area contributed by atoms with Crippen molar-refractivity contribution in [1.29, 1.82) is 0 Å². The molecule has 7 heteroatoms. The summed E-state index contributed by atoms with van der Waals surface area (Å²) in [5.41, 5.74) is 1.56. The van der Waals surface area contributed by atoms with Crippen LogP contribution in [-0.2, 0) is 16.1 Å². The average molecular weight is 354 g/mol. The van der Waals surface area contributed by atoms with Crippen LogP contribution in [0.3, 0.4) is 0 Å². The number of ether oxygens (including phenoxy) is 1. The molecule has 1 aliphatic heterocycles. The van der Waals surface area contributed by atoms with Crippen molar-refractivity contribution < 1.29 is 14.3 Å². The van der Waals surface area contributed by atoms with Crippen molar-refractivity contribution in [3.05, 3.63) is 42.2 Å². The third-order valence-electron chi connectivity index (χ3n) is 5.27. The lowest BCUT2D eigenvalue weighted by Crippen LogP contribution is -2.38. The maximum atomic E-state index is 12.8. The summed E-state index contributed by atoms with van der Waals surface area (Å²) in [6.45, 7) is 1.40. The highest BCUT2D eigenvalue weighted by Crippen LogP contribution is 2.46. The summed E-state index contributed by atoms with van der Waals surface area (Å²) in [4.78, 5) is 24.8. The second kappa shape index (κ2) is 6.48. The van der Waals surface area contributed by atoms with E-state index in [1.165, 1.54) is 0 Å². The molecule has 7 nitrogen and oxygen atoms in total. The number of anilines is 1. The van der Waals surface area contributed by atoms with E-state index in [0.717, 1.165) is 24.9 Å². The van der Waals surface area contributed by atoms with E-state index in [-0.39, 0.29) is 23.7 Å². The van der Waals surface area contributed by atoms with Crippen LogP contribution in [-0.4, -0.2) is 35.2 Å². The van der Waals surface area contributed by atoms with Gasteiger partial charge in [-0.25, -0.2) is 0 Å². The van der Waals surface area contributed by atoms with Gasteiger partial charge in [0.2, 0.25) is 11.8 Å². The Hall–Kier alpha value is -2.83. The van der Waals surface area contributed by atoms with Crippen LogP contribution in [0.5, 0.6) is 5.75 Å². The molecule has 0 spiro atoms. The first kappa shape index (κ1) is 16.6. The highest BCUT2D eigenvalue weighted by atomic mass is 16.5. The maximum absolute atomic E-state index is 12.8. The molecule has 2 N–H and O–H groups in total. The lowest BCUT2D eigenvalue weighted by molar-refractivity contribution is -0.126. The molecule has 2 aliphatic rings. The predicted molar refractivity (Wildman–Crippen MR) is 95.9 cm³/mol. The van der Waals surface area contributed by atoms with E-state index in [9.17, 15) is 9.59 Å². The van der Waals surface area contributed by atoms with E-state index in [1.807, 2.05) is 23.0 Å². The van der Waals surface area contributed by atoms with Gasteiger partial charge >= 0.3 is 0 Å². The van der Waals surface area contributed by atoms with Gasteiger partial charge in [-0.3, -0.25) is 14.3 Å². The van der Waals surface area contributed by atoms with Gasteiger partial charge < -0.3 is 15.4 Å². The number of methoxy groups -OCH3 is 1. The molecule has 0 bridgehead atoms. The van der Waals surface area contributed by atoms with Crippen LogP contribution in [0.1, 0.15) is 30.7 Å². The van der Waals surface area contributed by atoms with E-state index < -0.39 is 5.92 Å². The highest BCUT2D eigenvalue weighted by molar-refractivity contribution is 6.01. The minimum absolute atomic E-state index is 0.0792. The lowest BCUT2D eigenvalue weighted by Gasteiger charge is -2.26. The average Bonchev–Trinajstić information content (AvgIpc) is 3.21. The first-order valence-electron chi connectivity index (χ1n) is 8.81. The van der Waals surface area contributed by atoms with Crippen LogP contribution in [0.25, 0.3) is 0 Å². The zero-order valence-electron chi connectivity index (χ0n) is 14.7. The summed E-state index contributed by atoms with van der Waals surface area (Å²) < 4.78 is 7.17. The van der Waals surface area contributed by atoms with Gasteiger partial charge in [0.05, 0.1) is 13.0 Å². The fourth-order valence-corrected chi connectivity index (χ4v) is 3.50. The monoisotopic (exact) mass is 354 g/mol. The van der Waals surface area contributed by atoms with Crippen molar-refractivity contribution >= 4 is 17.5 Å². The van der Waals surface area contributed by atoms with Gasteiger partial charge in [0.15, 0.2) is 0 Å². The van der Waals surface area contributed by atoms with Gasteiger partial charge in [-0.2, -0.15) is 5.10 Å². The molecule has 1 atom stereocenters. The topological polar surface area (TPSA) is 85.2 Å². The fraction of sp³-hybridized carbons (Fsp3) is 0.421. The van der Waals surface area contributed by atoms with E-state index in [0.29, 0.717) is 18.0 Å². The quantitative estimate of drug-likeness (QED) is 0.830. The number of carbonyl (C=O) groups excluding carboxylic acids is 2. The zero-order chi connectivity index (χ0) is 18.1. The smallest absolute Gasteiger partial charge is 0.228 e. The summed E-state index contributed by atoms with van der Waals surface area (Å²) in [7, 11) is 1.59. The summed E-state index contributed by atoms with van der Waals surface area (Å²) in [5.74, 6) is -0.0639. The minimum Gasteiger partial charge on any atom is -0.497 e. The Balaban J connectivity index is 1.46. The Morgan fingerprint density at radius 1 is 1.46 bits per heavy atom. The molecule has 26 heavy (non-hydrogen) atoms. The van der Waals surface area contributed by atoms with Gasteiger partial charge in [-0.05, 0) is 42.7 Å². The summed E-state index contributed by atoms with van der Waals surface area (Å²) in [6.07, 6.45) is 6.00. The van der Waals surface area contributed by atoms with Crippen molar-refractivity contribution in [3.8, 4) is 5.75 Å². The normalized spacial score (nSPS) is 20.0. The number of benzene rings is 1. The number of rotatable bonds is 6. The number of nitrogens with zero attached hydrogens (tertiary/aromatic N) is 2. The van der Waals surface area contributed by atoms with Gasteiger partial charge in [-0.1, -0.05) is 0 Å². The molecular formula is C19H22N4O3. The molecule has 1 aromatic carbocycles. The largest absolute Gasteiger partial charge is 0.497 e. The van der Waals surface area contributed by atoms with Gasteiger partial charge in [0, 0.05) is 43.0 Å². The Morgan fingerprint density at radius 2 is 2.31 bits per heavy atom. The van der Waals surface area contributed by atoms with Crippen molar-refractivity contribution in [3.63, 3.8) is 0 Å². The van der Waals surface area contributed by atoms with E-state index in [4.69, 9.17) is 4.74 Å². The number of hydrogen-bond donors (Lipinski definition) is 2. The number of carbonyl (C=O) groups is 2. The number of hydrogen-bond acceptors (Lipinski definition) is 4. The summed E-state index contributed by atoms with van der Waals surface area (Å²) in [6, 6.07) is 7.30. The van der Waals surface area contributed by atoms with Crippen LogP contribution < -0.4 is 15.4 Å². The molecule has 1 fully saturated rings. The van der Waals surface area contributed by atoms with Crippen molar-refractivity contribution in [2.24, 2.45) is 5.41 Å².